The van der Waals surface area contributed by atoms with Crippen LogP contribution in [0.4, 0.5) is 14.7 Å². The predicted octanol–water partition coefficient (Wildman–Crippen LogP) is 4.14. The third-order valence-electron chi connectivity index (χ3n) is 5.48. The van der Waals surface area contributed by atoms with Crippen LogP contribution >= 0.6 is 11.9 Å². The van der Waals surface area contributed by atoms with Gasteiger partial charge in [-0.1, -0.05) is 13.0 Å². The maximum Gasteiger partial charge on any atom is 0.239 e. The highest BCUT2D eigenvalue weighted by Gasteiger charge is 2.26. The molecule has 4 aromatic rings. The van der Waals surface area contributed by atoms with Gasteiger partial charge in [0, 0.05) is 36.3 Å². The second-order valence-electron chi connectivity index (χ2n) is 7.97. The molecule has 3 aromatic heterocycles. The molecule has 8 nitrogen and oxygen atoms in total. The molecule has 1 aliphatic rings. The topological polar surface area (TPSA) is 86.3 Å². The maximum atomic E-state index is 14.8. The fourth-order valence-electron chi connectivity index (χ4n) is 3.90. The Bertz CT molecular complexity index is 1260. The van der Waals surface area contributed by atoms with Crippen molar-refractivity contribution in [1.29, 1.82) is 0 Å². The lowest BCUT2D eigenvalue weighted by Crippen LogP contribution is -2.11. The smallest absolute Gasteiger partial charge is 0.239 e. The molecular formula is C22H22F2N8S. The Morgan fingerprint density at radius 1 is 1.12 bits per heavy atom. The SMILES string of the molecule is Cc1cnc(CC(C)SNc2nnc(-c3cnn4c3CCC4)n2-c2c(F)cccc2F)cn1. The lowest BCUT2D eigenvalue weighted by Gasteiger charge is -2.15. The van der Waals surface area contributed by atoms with Gasteiger partial charge in [0.1, 0.15) is 17.3 Å². The standard InChI is InChI=1S/C22H22F2N8S/c1-13-10-26-15(11-25-13)9-14(2)33-30-22-29-28-21(16-12-27-31-8-4-7-19(16)31)32(22)20-17(23)5-3-6-18(20)24/h3,5-6,10-12,14H,4,7-9H2,1-2H3,(H,29,30). The number of hydrogen-bond donors (Lipinski definition) is 1. The molecule has 0 radical (unpaired) electrons. The van der Waals surface area contributed by atoms with Gasteiger partial charge in [-0.25, -0.2) is 8.78 Å². The fraction of sp³-hybridized carbons (Fsp3) is 0.318. The molecule has 1 aliphatic heterocycles. The van der Waals surface area contributed by atoms with Crippen molar-refractivity contribution in [3.05, 3.63) is 65.5 Å². The molecule has 4 heterocycles. The van der Waals surface area contributed by atoms with Crippen molar-refractivity contribution in [1.82, 2.24) is 34.5 Å². The van der Waals surface area contributed by atoms with Crippen LogP contribution in [-0.2, 0) is 19.4 Å². The van der Waals surface area contributed by atoms with E-state index in [-0.39, 0.29) is 16.9 Å². The van der Waals surface area contributed by atoms with Crippen LogP contribution in [0.15, 0.2) is 36.8 Å². The molecule has 33 heavy (non-hydrogen) atoms. The zero-order chi connectivity index (χ0) is 22.9. The van der Waals surface area contributed by atoms with Gasteiger partial charge in [0.25, 0.3) is 0 Å². The van der Waals surface area contributed by atoms with Crippen LogP contribution in [0.5, 0.6) is 0 Å². The van der Waals surface area contributed by atoms with Gasteiger partial charge in [-0.3, -0.25) is 23.9 Å². The van der Waals surface area contributed by atoms with E-state index in [9.17, 15) is 8.78 Å². The Kier molecular flexibility index (Phi) is 5.79. The summed E-state index contributed by atoms with van der Waals surface area (Å²) in [5.74, 6) is -0.812. The molecule has 0 bridgehead atoms. The van der Waals surface area contributed by atoms with Crippen LogP contribution in [0.25, 0.3) is 17.1 Å². The number of hydrogen-bond acceptors (Lipinski definition) is 7. The number of nitrogens with one attached hydrogen (secondary N) is 1. The van der Waals surface area contributed by atoms with Crippen molar-refractivity contribution in [2.75, 3.05) is 4.72 Å². The monoisotopic (exact) mass is 468 g/mol. The number of anilines is 1. The van der Waals surface area contributed by atoms with Crippen molar-refractivity contribution in [2.45, 2.75) is 44.9 Å². The summed E-state index contributed by atoms with van der Waals surface area (Å²) in [6.07, 6.45) is 7.63. The molecule has 0 saturated carbocycles. The Morgan fingerprint density at radius 2 is 1.94 bits per heavy atom. The summed E-state index contributed by atoms with van der Waals surface area (Å²) in [6, 6.07) is 3.78. The first kappa shape index (κ1) is 21.5. The van der Waals surface area contributed by atoms with Gasteiger partial charge >= 0.3 is 0 Å². The zero-order valence-electron chi connectivity index (χ0n) is 18.2. The van der Waals surface area contributed by atoms with Gasteiger partial charge in [0.15, 0.2) is 5.82 Å². The number of aromatic nitrogens is 7. The highest BCUT2D eigenvalue weighted by Crippen LogP contribution is 2.33. The number of para-hydroxylation sites is 1. The molecule has 0 fully saturated rings. The van der Waals surface area contributed by atoms with E-state index in [1.807, 2.05) is 18.5 Å². The number of fused-ring (bicyclic) bond motifs is 1. The first-order valence-corrected chi connectivity index (χ1v) is 11.5. The van der Waals surface area contributed by atoms with Crippen molar-refractivity contribution in [3.8, 4) is 17.1 Å². The van der Waals surface area contributed by atoms with Crippen molar-refractivity contribution < 1.29 is 8.78 Å². The van der Waals surface area contributed by atoms with Crippen LogP contribution in [0.3, 0.4) is 0 Å². The van der Waals surface area contributed by atoms with Gasteiger partial charge < -0.3 is 0 Å². The predicted molar refractivity (Wildman–Crippen MR) is 122 cm³/mol. The van der Waals surface area contributed by atoms with Crippen LogP contribution < -0.4 is 4.72 Å². The molecule has 1 N–H and O–H groups in total. The van der Waals surface area contributed by atoms with Crippen molar-refractivity contribution in [2.24, 2.45) is 0 Å². The molecule has 1 aromatic carbocycles. The molecule has 1 atom stereocenters. The highest BCUT2D eigenvalue weighted by atomic mass is 32.2. The maximum absolute atomic E-state index is 14.8. The van der Waals surface area contributed by atoms with Gasteiger partial charge in [-0.2, -0.15) is 5.10 Å². The lowest BCUT2D eigenvalue weighted by molar-refractivity contribution is 0.570. The minimum Gasteiger partial charge on any atom is -0.298 e. The van der Waals surface area contributed by atoms with Crippen molar-refractivity contribution in [3.63, 3.8) is 0 Å². The van der Waals surface area contributed by atoms with E-state index in [2.05, 4.69) is 30.0 Å². The third-order valence-corrected chi connectivity index (χ3v) is 6.35. The summed E-state index contributed by atoms with van der Waals surface area (Å²) >= 11 is 1.38. The first-order chi connectivity index (χ1) is 16.0. The Labute approximate surface area is 193 Å². The molecule has 0 spiro atoms. The number of nitrogens with zero attached hydrogens (tertiary/aromatic N) is 7. The van der Waals surface area contributed by atoms with E-state index in [0.29, 0.717) is 12.2 Å². The molecule has 170 valence electrons. The van der Waals surface area contributed by atoms with E-state index in [1.54, 1.807) is 18.6 Å². The highest BCUT2D eigenvalue weighted by molar-refractivity contribution is 8.01. The van der Waals surface area contributed by atoms with Gasteiger partial charge in [-0.05, 0) is 43.8 Å². The summed E-state index contributed by atoms with van der Waals surface area (Å²) in [6.45, 7) is 4.73. The summed E-state index contributed by atoms with van der Waals surface area (Å²) in [4.78, 5) is 8.66. The normalized spacial score (nSPS) is 13.8. The second-order valence-corrected chi connectivity index (χ2v) is 9.21. The van der Waals surface area contributed by atoms with E-state index >= 15 is 0 Å². The number of rotatable bonds is 7. The minimum absolute atomic E-state index is 0.0847. The average Bonchev–Trinajstić information content (AvgIpc) is 3.50. The quantitative estimate of drug-likeness (QED) is 0.408. The van der Waals surface area contributed by atoms with Crippen LogP contribution in [0.2, 0.25) is 0 Å². The minimum atomic E-state index is -0.698. The second kappa shape index (κ2) is 8.89. The number of halogens is 2. The summed E-state index contributed by atoms with van der Waals surface area (Å²) in [5, 5.41) is 13.0. The van der Waals surface area contributed by atoms with Crippen LogP contribution in [0.1, 0.15) is 30.4 Å². The molecule has 1 unspecified atom stereocenters. The Hall–Kier alpha value is -3.34. The molecule has 11 heteroatoms. The summed E-state index contributed by atoms with van der Waals surface area (Å²) in [5.41, 5.74) is 3.21. The van der Waals surface area contributed by atoms with Crippen LogP contribution in [-0.4, -0.2) is 39.8 Å². The lowest BCUT2D eigenvalue weighted by atomic mass is 10.2. The largest absolute Gasteiger partial charge is 0.298 e. The van der Waals surface area contributed by atoms with E-state index in [0.717, 1.165) is 42.0 Å². The molecule has 5 rings (SSSR count). The van der Waals surface area contributed by atoms with Gasteiger partial charge in [0.2, 0.25) is 5.95 Å². The van der Waals surface area contributed by atoms with Crippen molar-refractivity contribution >= 4 is 17.9 Å². The summed E-state index contributed by atoms with van der Waals surface area (Å²) < 4.78 is 36.1. The molecule has 0 amide bonds. The number of aryl methyl sites for hydroxylation is 2. The molecule has 0 aliphatic carbocycles. The van der Waals surface area contributed by atoms with Gasteiger partial charge in [0.05, 0.1) is 23.1 Å². The first-order valence-electron chi connectivity index (χ1n) is 10.7. The van der Waals surface area contributed by atoms with Crippen LogP contribution in [0, 0.1) is 18.6 Å². The Morgan fingerprint density at radius 3 is 2.70 bits per heavy atom. The molecular weight excluding hydrogens is 446 g/mol. The number of benzene rings is 1. The van der Waals surface area contributed by atoms with E-state index < -0.39 is 11.6 Å². The third kappa shape index (κ3) is 4.20. The van der Waals surface area contributed by atoms with Gasteiger partial charge in [-0.15, -0.1) is 10.2 Å². The van der Waals surface area contributed by atoms with E-state index in [4.69, 9.17) is 0 Å². The van der Waals surface area contributed by atoms with E-state index in [1.165, 1.54) is 34.7 Å². The average molecular weight is 469 g/mol. The molecule has 0 saturated heterocycles. The zero-order valence-corrected chi connectivity index (χ0v) is 19.0. The fourth-order valence-corrected chi connectivity index (χ4v) is 4.60. The summed E-state index contributed by atoms with van der Waals surface area (Å²) in [7, 11) is 0. The Balaban J connectivity index is 1.47.